The third-order valence-electron chi connectivity index (χ3n) is 3.75. The van der Waals surface area contributed by atoms with Crippen LogP contribution < -0.4 is 4.74 Å². The van der Waals surface area contributed by atoms with Gasteiger partial charge in [0.15, 0.2) is 11.9 Å². The molecule has 0 fully saturated rings. The van der Waals surface area contributed by atoms with Crippen LogP contribution in [0.25, 0.3) is 0 Å². The van der Waals surface area contributed by atoms with E-state index in [4.69, 9.17) is 16.3 Å². The van der Waals surface area contributed by atoms with Gasteiger partial charge in [-0.25, -0.2) is 0 Å². The molecule has 2 aromatic rings. The van der Waals surface area contributed by atoms with Crippen LogP contribution in [-0.4, -0.2) is 35.1 Å². The van der Waals surface area contributed by atoms with E-state index in [0.717, 1.165) is 4.90 Å². The SMILES string of the molecule is C[C@H]1Oc2ccccc2C(=O)N(CC(=O)c2ccc(Cl)cc2)C1=O. The lowest BCUT2D eigenvalue weighted by Gasteiger charge is -2.19. The van der Waals surface area contributed by atoms with Crippen molar-refractivity contribution in [2.24, 2.45) is 0 Å². The predicted octanol–water partition coefficient (Wildman–Crippen LogP) is 2.97. The van der Waals surface area contributed by atoms with Crippen molar-refractivity contribution in [3.8, 4) is 5.75 Å². The Labute approximate surface area is 143 Å². The molecule has 5 nitrogen and oxygen atoms in total. The minimum Gasteiger partial charge on any atom is -0.480 e. The highest BCUT2D eigenvalue weighted by Gasteiger charge is 2.35. The molecule has 0 N–H and O–H groups in total. The van der Waals surface area contributed by atoms with E-state index in [1.807, 2.05) is 0 Å². The molecule has 0 radical (unpaired) electrons. The number of halogens is 1. The number of para-hydroxylation sites is 1. The second-order valence-corrected chi connectivity index (χ2v) is 5.85. The molecule has 0 saturated heterocycles. The fourth-order valence-corrected chi connectivity index (χ4v) is 2.60. The summed E-state index contributed by atoms with van der Waals surface area (Å²) < 4.78 is 5.53. The number of carbonyl (C=O) groups is 3. The minimum atomic E-state index is -0.851. The lowest BCUT2D eigenvalue weighted by molar-refractivity contribution is -0.134. The Hall–Kier alpha value is -2.66. The fraction of sp³-hybridized carbons (Fsp3) is 0.167. The maximum Gasteiger partial charge on any atom is 0.270 e. The molecule has 0 unspecified atom stereocenters. The maximum atomic E-state index is 12.7. The van der Waals surface area contributed by atoms with Gasteiger partial charge in [0.2, 0.25) is 0 Å². The number of amides is 2. The van der Waals surface area contributed by atoms with E-state index in [2.05, 4.69) is 0 Å². The summed E-state index contributed by atoms with van der Waals surface area (Å²) in [5, 5.41) is 0.504. The lowest BCUT2D eigenvalue weighted by atomic mass is 10.1. The number of rotatable bonds is 3. The van der Waals surface area contributed by atoms with Crippen LogP contribution in [0, 0.1) is 0 Å². The standard InChI is InChI=1S/C18H14ClNO4/c1-11-17(22)20(10-15(21)12-6-8-13(19)9-7-12)18(23)14-4-2-3-5-16(14)24-11/h2-9,11H,10H2,1H3/t11-/m1/s1. The Morgan fingerprint density at radius 3 is 2.50 bits per heavy atom. The van der Waals surface area contributed by atoms with Gasteiger partial charge in [0.05, 0.1) is 12.1 Å². The normalized spacial score (nSPS) is 17.1. The van der Waals surface area contributed by atoms with Gasteiger partial charge in [-0.2, -0.15) is 0 Å². The highest BCUT2D eigenvalue weighted by atomic mass is 35.5. The van der Waals surface area contributed by atoms with Crippen molar-refractivity contribution in [1.29, 1.82) is 0 Å². The maximum absolute atomic E-state index is 12.7. The number of imide groups is 1. The number of ether oxygens (including phenoxy) is 1. The first-order chi connectivity index (χ1) is 11.5. The topological polar surface area (TPSA) is 63.7 Å². The lowest BCUT2D eigenvalue weighted by Crippen LogP contribution is -2.44. The van der Waals surface area contributed by atoms with Crippen LogP contribution in [-0.2, 0) is 4.79 Å². The summed E-state index contributed by atoms with van der Waals surface area (Å²) in [5.74, 6) is -1.09. The smallest absolute Gasteiger partial charge is 0.270 e. The number of carbonyl (C=O) groups excluding carboxylic acids is 3. The first-order valence-electron chi connectivity index (χ1n) is 7.37. The number of hydrogen-bond donors (Lipinski definition) is 0. The van der Waals surface area contributed by atoms with Crippen LogP contribution in [0.15, 0.2) is 48.5 Å². The van der Waals surface area contributed by atoms with Crippen molar-refractivity contribution in [3.63, 3.8) is 0 Å². The zero-order valence-corrected chi connectivity index (χ0v) is 13.6. The van der Waals surface area contributed by atoms with E-state index in [0.29, 0.717) is 16.3 Å². The number of fused-ring (bicyclic) bond motifs is 1. The molecule has 2 aromatic carbocycles. The predicted molar refractivity (Wildman–Crippen MR) is 88.4 cm³/mol. The van der Waals surface area contributed by atoms with Crippen LogP contribution in [0.1, 0.15) is 27.6 Å². The highest BCUT2D eigenvalue weighted by Crippen LogP contribution is 2.25. The molecule has 1 atom stereocenters. The zero-order chi connectivity index (χ0) is 17.3. The Morgan fingerprint density at radius 2 is 1.79 bits per heavy atom. The summed E-state index contributed by atoms with van der Waals surface area (Å²) >= 11 is 5.81. The second-order valence-electron chi connectivity index (χ2n) is 5.42. The molecule has 122 valence electrons. The van der Waals surface area contributed by atoms with Gasteiger partial charge in [-0.1, -0.05) is 23.7 Å². The van der Waals surface area contributed by atoms with Crippen molar-refractivity contribution in [2.75, 3.05) is 6.54 Å². The second kappa shape index (κ2) is 6.45. The van der Waals surface area contributed by atoms with Crippen molar-refractivity contribution in [3.05, 3.63) is 64.7 Å². The molecule has 6 heteroatoms. The van der Waals surface area contributed by atoms with Crippen molar-refractivity contribution in [1.82, 2.24) is 4.90 Å². The van der Waals surface area contributed by atoms with Gasteiger partial charge in [-0.05, 0) is 43.3 Å². The van der Waals surface area contributed by atoms with E-state index in [-0.39, 0.29) is 17.9 Å². The summed E-state index contributed by atoms with van der Waals surface area (Å²) in [6, 6.07) is 12.9. The van der Waals surface area contributed by atoms with Crippen molar-refractivity contribution < 1.29 is 19.1 Å². The monoisotopic (exact) mass is 343 g/mol. The number of hydrogen-bond acceptors (Lipinski definition) is 4. The molecule has 24 heavy (non-hydrogen) atoms. The van der Waals surface area contributed by atoms with Crippen molar-refractivity contribution >= 4 is 29.2 Å². The van der Waals surface area contributed by atoms with Gasteiger partial charge < -0.3 is 4.74 Å². The molecule has 0 spiro atoms. The zero-order valence-electron chi connectivity index (χ0n) is 12.9. The Bertz CT molecular complexity index is 816. The molecule has 0 aliphatic carbocycles. The Kier molecular flexibility index (Phi) is 4.36. The molecule has 0 bridgehead atoms. The molecular weight excluding hydrogens is 330 g/mol. The van der Waals surface area contributed by atoms with Crippen LogP contribution in [0.5, 0.6) is 5.75 Å². The quantitative estimate of drug-likeness (QED) is 0.635. The van der Waals surface area contributed by atoms with E-state index < -0.39 is 17.9 Å². The summed E-state index contributed by atoms with van der Waals surface area (Å²) in [4.78, 5) is 38.5. The molecule has 0 aromatic heterocycles. The Morgan fingerprint density at radius 1 is 1.12 bits per heavy atom. The summed E-state index contributed by atoms with van der Waals surface area (Å²) in [7, 11) is 0. The number of nitrogens with zero attached hydrogens (tertiary/aromatic N) is 1. The van der Waals surface area contributed by atoms with Gasteiger partial charge in [0.25, 0.3) is 11.8 Å². The number of ketones is 1. The van der Waals surface area contributed by atoms with Gasteiger partial charge >= 0.3 is 0 Å². The average molecular weight is 344 g/mol. The van der Waals surface area contributed by atoms with Gasteiger partial charge in [-0.3, -0.25) is 19.3 Å². The minimum absolute atomic E-state index is 0.263. The molecule has 1 aliphatic heterocycles. The first kappa shape index (κ1) is 16.2. The molecular formula is C18H14ClNO4. The van der Waals surface area contributed by atoms with Crippen LogP contribution in [0.4, 0.5) is 0 Å². The van der Waals surface area contributed by atoms with E-state index >= 15 is 0 Å². The molecule has 1 heterocycles. The van der Waals surface area contributed by atoms with E-state index in [9.17, 15) is 14.4 Å². The molecule has 3 rings (SSSR count). The molecule has 2 amide bonds. The highest BCUT2D eigenvalue weighted by molar-refractivity contribution is 6.30. The number of benzene rings is 2. The largest absolute Gasteiger partial charge is 0.480 e. The summed E-state index contributed by atoms with van der Waals surface area (Å²) in [5.41, 5.74) is 0.644. The van der Waals surface area contributed by atoms with E-state index in [1.165, 1.54) is 0 Å². The van der Waals surface area contributed by atoms with Crippen LogP contribution >= 0.6 is 11.6 Å². The summed E-state index contributed by atoms with van der Waals surface area (Å²) in [6.45, 7) is 1.21. The van der Waals surface area contributed by atoms with Crippen molar-refractivity contribution in [2.45, 2.75) is 13.0 Å². The Balaban J connectivity index is 1.91. The van der Waals surface area contributed by atoms with E-state index in [1.54, 1.807) is 55.5 Å². The van der Waals surface area contributed by atoms with Gasteiger partial charge in [0, 0.05) is 10.6 Å². The molecule has 0 saturated carbocycles. The van der Waals surface area contributed by atoms with Crippen LogP contribution in [0.2, 0.25) is 5.02 Å². The third kappa shape index (κ3) is 3.03. The molecule has 1 aliphatic rings. The van der Waals surface area contributed by atoms with Crippen LogP contribution in [0.3, 0.4) is 0 Å². The fourth-order valence-electron chi connectivity index (χ4n) is 2.47. The van der Waals surface area contributed by atoms with Gasteiger partial charge in [-0.15, -0.1) is 0 Å². The first-order valence-corrected chi connectivity index (χ1v) is 7.75. The third-order valence-corrected chi connectivity index (χ3v) is 4.00. The average Bonchev–Trinajstić information content (AvgIpc) is 2.66. The van der Waals surface area contributed by atoms with Gasteiger partial charge in [0.1, 0.15) is 5.75 Å². The number of Topliss-reactive ketones (excluding diaryl/α,β-unsaturated/α-hetero) is 1. The summed E-state index contributed by atoms with van der Waals surface area (Å²) in [6.07, 6.45) is -0.851.